The number of aromatic nitrogens is 2. The molecule has 0 saturated heterocycles. The molecule has 0 fully saturated rings. The Kier molecular flexibility index (Phi) is 3.75. The monoisotopic (exact) mass is 258 g/mol. The lowest BCUT2D eigenvalue weighted by Gasteiger charge is -2.03. The van der Waals surface area contributed by atoms with Crippen molar-refractivity contribution in [3.63, 3.8) is 0 Å². The minimum atomic E-state index is -1.18. The summed E-state index contributed by atoms with van der Waals surface area (Å²) in [4.78, 5) is 28.2. The maximum absolute atomic E-state index is 11.3. The van der Waals surface area contributed by atoms with Crippen LogP contribution in [0.15, 0.2) is 35.1 Å². The summed E-state index contributed by atoms with van der Waals surface area (Å²) in [6, 6.07) is 8.97. The molecule has 2 rings (SSSR count). The van der Waals surface area contributed by atoms with Crippen molar-refractivity contribution < 1.29 is 9.90 Å². The highest BCUT2D eigenvalue weighted by molar-refractivity contribution is 5.86. The number of nitrogens with one attached hydrogen (secondary N) is 1. The number of hydrogen-bond donors (Lipinski definition) is 2. The molecule has 5 nitrogen and oxygen atoms in total. The van der Waals surface area contributed by atoms with Crippen LogP contribution in [-0.4, -0.2) is 21.0 Å². The summed E-state index contributed by atoms with van der Waals surface area (Å²) in [7, 11) is 0. The van der Waals surface area contributed by atoms with Crippen LogP contribution in [0.1, 0.15) is 29.4 Å². The Labute approximate surface area is 110 Å². The zero-order valence-electron chi connectivity index (χ0n) is 10.5. The molecule has 0 saturated carbocycles. The molecule has 0 radical (unpaired) electrons. The first-order valence-electron chi connectivity index (χ1n) is 6.04. The average Bonchev–Trinajstić information content (AvgIpc) is 2.39. The first kappa shape index (κ1) is 13.0. The van der Waals surface area contributed by atoms with E-state index >= 15 is 0 Å². The number of carbonyl (C=O) groups is 1. The molecule has 0 aliphatic heterocycles. The highest BCUT2D eigenvalue weighted by Gasteiger charge is 2.08. The lowest BCUT2D eigenvalue weighted by molar-refractivity contribution is 0.0690. The molecule has 2 N–H and O–H groups in total. The van der Waals surface area contributed by atoms with Crippen molar-refractivity contribution in [2.45, 2.75) is 19.8 Å². The zero-order chi connectivity index (χ0) is 13.8. The largest absolute Gasteiger partial charge is 0.477 e. The Balaban J connectivity index is 2.41. The van der Waals surface area contributed by atoms with Gasteiger partial charge in [-0.15, -0.1) is 0 Å². The van der Waals surface area contributed by atoms with Crippen molar-refractivity contribution in [2.24, 2.45) is 0 Å². The summed E-state index contributed by atoms with van der Waals surface area (Å²) in [6.45, 7) is 2.10. The molecule has 0 aliphatic rings. The van der Waals surface area contributed by atoms with Crippen molar-refractivity contribution in [2.75, 3.05) is 0 Å². The molecular formula is C14H14N2O3. The van der Waals surface area contributed by atoms with E-state index in [1.54, 1.807) is 0 Å². The molecule has 1 aromatic heterocycles. The number of benzene rings is 1. The molecule has 0 aliphatic carbocycles. The van der Waals surface area contributed by atoms with E-state index in [1.807, 2.05) is 24.3 Å². The molecule has 0 atom stereocenters. The third-order valence-corrected chi connectivity index (χ3v) is 2.76. The predicted octanol–water partition coefficient (Wildman–Crippen LogP) is 2.09. The van der Waals surface area contributed by atoms with E-state index < -0.39 is 11.7 Å². The average molecular weight is 258 g/mol. The van der Waals surface area contributed by atoms with Crippen molar-refractivity contribution in [1.82, 2.24) is 9.97 Å². The molecule has 98 valence electrons. The number of nitrogens with zero attached hydrogens (tertiary/aromatic N) is 1. The van der Waals surface area contributed by atoms with Gasteiger partial charge in [-0.1, -0.05) is 37.6 Å². The lowest BCUT2D eigenvalue weighted by Crippen LogP contribution is -2.16. The summed E-state index contributed by atoms with van der Waals surface area (Å²) >= 11 is 0. The highest BCUT2D eigenvalue weighted by atomic mass is 16.4. The minimum Gasteiger partial charge on any atom is -0.477 e. The number of hydrogen-bond acceptors (Lipinski definition) is 3. The van der Waals surface area contributed by atoms with Crippen LogP contribution in [0.3, 0.4) is 0 Å². The molecule has 0 unspecified atom stereocenters. The molecule has 1 aromatic carbocycles. The van der Waals surface area contributed by atoms with Crippen molar-refractivity contribution in [3.05, 3.63) is 52.1 Å². The van der Waals surface area contributed by atoms with Gasteiger partial charge in [0.2, 0.25) is 0 Å². The van der Waals surface area contributed by atoms with Gasteiger partial charge in [-0.25, -0.2) is 9.59 Å². The first-order chi connectivity index (χ1) is 9.10. The normalized spacial score (nSPS) is 10.4. The van der Waals surface area contributed by atoms with E-state index in [1.165, 1.54) is 11.6 Å². The van der Waals surface area contributed by atoms with Crippen LogP contribution in [0.25, 0.3) is 11.3 Å². The number of rotatable bonds is 4. The van der Waals surface area contributed by atoms with E-state index in [0.29, 0.717) is 5.69 Å². The smallest absolute Gasteiger partial charge is 0.352 e. The summed E-state index contributed by atoms with van der Waals surface area (Å²) in [5, 5.41) is 8.90. The van der Waals surface area contributed by atoms with Gasteiger partial charge in [0, 0.05) is 5.56 Å². The molecule has 0 amide bonds. The number of aromatic carboxylic acids is 1. The van der Waals surface area contributed by atoms with E-state index in [-0.39, 0.29) is 5.69 Å². The number of aromatic amines is 1. The Bertz CT molecular complexity index is 644. The second-order valence-corrected chi connectivity index (χ2v) is 4.24. The second kappa shape index (κ2) is 5.48. The summed E-state index contributed by atoms with van der Waals surface area (Å²) in [5.74, 6) is -1.18. The summed E-state index contributed by atoms with van der Waals surface area (Å²) in [5.41, 5.74) is 1.48. The Morgan fingerprint density at radius 3 is 2.58 bits per heavy atom. The van der Waals surface area contributed by atoms with Gasteiger partial charge >= 0.3 is 11.7 Å². The predicted molar refractivity (Wildman–Crippen MR) is 71.2 cm³/mol. The van der Waals surface area contributed by atoms with Gasteiger partial charge < -0.3 is 5.11 Å². The molecule has 1 heterocycles. The van der Waals surface area contributed by atoms with Gasteiger partial charge in [-0.05, 0) is 18.1 Å². The zero-order valence-corrected chi connectivity index (χ0v) is 10.5. The van der Waals surface area contributed by atoms with Crippen molar-refractivity contribution in [3.8, 4) is 11.3 Å². The fourth-order valence-electron chi connectivity index (χ4n) is 1.85. The Morgan fingerprint density at radius 1 is 1.32 bits per heavy atom. The fraction of sp³-hybridized carbons (Fsp3) is 0.214. The van der Waals surface area contributed by atoms with Crippen LogP contribution in [0.2, 0.25) is 0 Å². The molecule has 0 spiro atoms. The Hall–Kier alpha value is -2.43. The van der Waals surface area contributed by atoms with Gasteiger partial charge in [0.15, 0.2) is 0 Å². The number of carboxylic acids is 1. The van der Waals surface area contributed by atoms with E-state index in [4.69, 9.17) is 5.11 Å². The molecule has 0 bridgehead atoms. The van der Waals surface area contributed by atoms with E-state index in [9.17, 15) is 9.59 Å². The van der Waals surface area contributed by atoms with Gasteiger partial charge in [-0.2, -0.15) is 4.98 Å². The number of carboxylic acid groups (broad SMARTS) is 1. The van der Waals surface area contributed by atoms with E-state index in [0.717, 1.165) is 18.4 Å². The van der Waals surface area contributed by atoms with Crippen LogP contribution < -0.4 is 5.69 Å². The van der Waals surface area contributed by atoms with Gasteiger partial charge in [-0.3, -0.25) is 4.98 Å². The van der Waals surface area contributed by atoms with E-state index in [2.05, 4.69) is 16.9 Å². The van der Waals surface area contributed by atoms with Crippen molar-refractivity contribution >= 4 is 5.97 Å². The van der Waals surface area contributed by atoms with Gasteiger partial charge in [0.25, 0.3) is 0 Å². The minimum absolute atomic E-state index is 0.160. The fourth-order valence-corrected chi connectivity index (χ4v) is 1.85. The van der Waals surface area contributed by atoms with Crippen LogP contribution in [-0.2, 0) is 6.42 Å². The van der Waals surface area contributed by atoms with Crippen LogP contribution in [0.5, 0.6) is 0 Å². The highest BCUT2D eigenvalue weighted by Crippen LogP contribution is 2.17. The molecule has 2 aromatic rings. The quantitative estimate of drug-likeness (QED) is 0.879. The van der Waals surface area contributed by atoms with Gasteiger partial charge in [0.05, 0.1) is 5.69 Å². The SMILES string of the molecule is CCCc1ccc(-c2cc(C(=O)O)[nH]c(=O)n2)cc1. The van der Waals surface area contributed by atoms with Crippen LogP contribution >= 0.6 is 0 Å². The maximum atomic E-state index is 11.3. The first-order valence-corrected chi connectivity index (χ1v) is 6.04. The van der Waals surface area contributed by atoms with Crippen molar-refractivity contribution in [1.29, 1.82) is 0 Å². The summed E-state index contributed by atoms with van der Waals surface area (Å²) in [6.07, 6.45) is 2.05. The number of aryl methyl sites for hydroxylation is 1. The van der Waals surface area contributed by atoms with Crippen LogP contribution in [0.4, 0.5) is 0 Å². The Morgan fingerprint density at radius 2 is 2.00 bits per heavy atom. The maximum Gasteiger partial charge on any atom is 0.352 e. The van der Waals surface area contributed by atoms with Crippen LogP contribution in [0, 0.1) is 0 Å². The third-order valence-electron chi connectivity index (χ3n) is 2.76. The second-order valence-electron chi connectivity index (χ2n) is 4.24. The third kappa shape index (κ3) is 3.07. The summed E-state index contributed by atoms with van der Waals surface area (Å²) < 4.78 is 0. The standard InChI is InChI=1S/C14H14N2O3/c1-2-3-9-4-6-10(7-5-9)11-8-12(13(17)18)16-14(19)15-11/h4-8H,2-3H2,1H3,(H,17,18)(H,15,16,19). The number of H-pyrrole nitrogens is 1. The molecular weight excluding hydrogens is 244 g/mol. The van der Waals surface area contributed by atoms with Gasteiger partial charge in [0.1, 0.15) is 5.69 Å². The molecule has 5 heteroatoms. The lowest BCUT2D eigenvalue weighted by atomic mass is 10.1. The molecule has 19 heavy (non-hydrogen) atoms. The topological polar surface area (TPSA) is 83.0 Å².